The molecule has 0 fully saturated rings. The van der Waals surface area contributed by atoms with Gasteiger partial charge in [-0.15, -0.1) is 0 Å². The Morgan fingerprint density at radius 1 is 1.08 bits per heavy atom. The van der Waals surface area contributed by atoms with Crippen LogP contribution in [0.3, 0.4) is 0 Å². The van der Waals surface area contributed by atoms with E-state index < -0.39 is 10.0 Å². The standard InChI is InChI=1S/C19H19N3O3S/c1-2-22(26(24,25)13-12-15-8-4-3-5-9-15)14-18-20-17-11-7-6-10-16(17)19(23)21-18/h3-13H,2,14H2,1H3,(H,20,21,23)/b13-12+. The molecule has 0 spiro atoms. The van der Waals surface area contributed by atoms with E-state index in [1.165, 1.54) is 9.71 Å². The predicted octanol–water partition coefficient (Wildman–Crippen LogP) is 2.75. The van der Waals surface area contributed by atoms with Crippen molar-refractivity contribution in [2.24, 2.45) is 0 Å². The Hall–Kier alpha value is -2.77. The molecule has 3 rings (SSSR count). The number of H-pyrrole nitrogens is 1. The average Bonchev–Trinajstić information content (AvgIpc) is 2.65. The van der Waals surface area contributed by atoms with Crippen molar-refractivity contribution >= 4 is 27.0 Å². The number of nitrogens with zero attached hydrogens (tertiary/aromatic N) is 2. The molecule has 0 atom stereocenters. The minimum absolute atomic E-state index is 0.00195. The maximum absolute atomic E-state index is 12.6. The van der Waals surface area contributed by atoms with Crippen LogP contribution in [-0.4, -0.2) is 29.2 Å². The van der Waals surface area contributed by atoms with Gasteiger partial charge in [0.1, 0.15) is 5.82 Å². The van der Waals surface area contributed by atoms with E-state index in [1.54, 1.807) is 37.3 Å². The molecular formula is C19H19N3O3S. The smallest absolute Gasteiger partial charge is 0.258 e. The molecule has 0 bridgehead atoms. The highest BCUT2D eigenvalue weighted by Crippen LogP contribution is 2.12. The first-order valence-corrected chi connectivity index (χ1v) is 9.71. The molecule has 2 aromatic carbocycles. The van der Waals surface area contributed by atoms with E-state index in [9.17, 15) is 13.2 Å². The van der Waals surface area contributed by atoms with Crippen LogP contribution < -0.4 is 5.56 Å². The third-order valence-electron chi connectivity index (χ3n) is 3.93. The Morgan fingerprint density at radius 2 is 1.77 bits per heavy atom. The Labute approximate surface area is 151 Å². The summed E-state index contributed by atoms with van der Waals surface area (Å²) in [4.78, 5) is 19.2. The lowest BCUT2D eigenvalue weighted by atomic mass is 10.2. The third kappa shape index (κ3) is 4.07. The zero-order valence-electron chi connectivity index (χ0n) is 14.3. The Balaban J connectivity index is 1.87. The van der Waals surface area contributed by atoms with Gasteiger partial charge in [0.15, 0.2) is 0 Å². The summed E-state index contributed by atoms with van der Waals surface area (Å²) in [7, 11) is -3.64. The van der Waals surface area contributed by atoms with E-state index in [2.05, 4.69) is 9.97 Å². The number of aromatic nitrogens is 2. The third-order valence-corrected chi connectivity index (χ3v) is 5.52. The van der Waals surface area contributed by atoms with Crippen molar-refractivity contribution in [3.8, 4) is 0 Å². The van der Waals surface area contributed by atoms with Gasteiger partial charge in [0.2, 0.25) is 10.0 Å². The Kier molecular flexibility index (Phi) is 5.29. The topological polar surface area (TPSA) is 83.1 Å². The van der Waals surface area contributed by atoms with E-state index in [-0.39, 0.29) is 18.6 Å². The quantitative estimate of drug-likeness (QED) is 0.724. The molecule has 1 aromatic heterocycles. The van der Waals surface area contributed by atoms with Gasteiger partial charge in [-0.1, -0.05) is 49.4 Å². The first-order chi connectivity index (χ1) is 12.5. The van der Waals surface area contributed by atoms with Gasteiger partial charge in [0.05, 0.1) is 17.4 Å². The maximum Gasteiger partial charge on any atom is 0.258 e. The van der Waals surface area contributed by atoms with Gasteiger partial charge in [-0.2, -0.15) is 4.31 Å². The molecule has 7 heteroatoms. The van der Waals surface area contributed by atoms with Crippen LogP contribution in [0.2, 0.25) is 0 Å². The second-order valence-corrected chi connectivity index (χ2v) is 7.53. The van der Waals surface area contributed by atoms with Crippen LogP contribution in [0.5, 0.6) is 0 Å². The molecule has 0 radical (unpaired) electrons. The summed E-state index contributed by atoms with van der Waals surface area (Å²) in [5.74, 6) is 0.312. The van der Waals surface area contributed by atoms with Crippen molar-refractivity contribution < 1.29 is 8.42 Å². The second kappa shape index (κ2) is 7.63. The molecule has 0 amide bonds. The molecule has 3 aromatic rings. The molecule has 26 heavy (non-hydrogen) atoms. The van der Waals surface area contributed by atoms with Gasteiger partial charge in [-0.25, -0.2) is 13.4 Å². The molecule has 0 aliphatic heterocycles. The summed E-state index contributed by atoms with van der Waals surface area (Å²) < 4.78 is 26.5. The lowest BCUT2D eigenvalue weighted by molar-refractivity contribution is 0.420. The van der Waals surface area contributed by atoms with E-state index in [1.807, 2.05) is 30.3 Å². The molecule has 1 N–H and O–H groups in total. The number of aromatic amines is 1. The van der Waals surface area contributed by atoms with Crippen molar-refractivity contribution in [3.63, 3.8) is 0 Å². The first-order valence-electron chi connectivity index (χ1n) is 8.21. The maximum atomic E-state index is 12.6. The minimum Gasteiger partial charge on any atom is -0.309 e. The molecule has 0 aliphatic carbocycles. The molecule has 0 unspecified atom stereocenters. The van der Waals surface area contributed by atoms with Crippen LogP contribution in [0.4, 0.5) is 0 Å². The van der Waals surface area contributed by atoms with Crippen molar-refractivity contribution in [2.75, 3.05) is 6.54 Å². The van der Waals surface area contributed by atoms with Crippen molar-refractivity contribution in [1.82, 2.24) is 14.3 Å². The summed E-state index contributed by atoms with van der Waals surface area (Å²) in [6, 6.07) is 16.2. The number of sulfonamides is 1. The summed E-state index contributed by atoms with van der Waals surface area (Å²) in [5, 5.41) is 1.65. The summed E-state index contributed by atoms with van der Waals surface area (Å²) in [5.41, 5.74) is 1.06. The average molecular weight is 369 g/mol. The zero-order valence-corrected chi connectivity index (χ0v) is 15.1. The van der Waals surface area contributed by atoms with Gasteiger partial charge in [0.25, 0.3) is 5.56 Å². The highest BCUT2D eigenvalue weighted by molar-refractivity contribution is 7.92. The van der Waals surface area contributed by atoms with Crippen LogP contribution in [-0.2, 0) is 16.6 Å². The SMILES string of the molecule is CCN(Cc1nc2ccccc2c(=O)[nH]1)S(=O)(=O)/C=C/c1ccccc1. The Bertz CT molecular complexity index is 1090. The van der Waals surface area contributed by atoms with E-state index in [0.29, 0.717) is 16.7 Å². The van der Waals surface area contributed by atoms with E-state index >= 15 is 0 Å². The Morgan fingerprint density at radius 3 is 2.50 bits per heavy atom. The lowest BCUT2D eigenvalue weighted by Gasteiger charge is -2.17. The number of para-hydroxylation sites is 1. The largest absolute Gasteiger partial charge is 0.309 e. The van der Waals surface area contributed by atoms with Gasteiger partial charge >= 0.3 is 0 Å². The summed E-state index contributed by atoms with van der Waals surface area (Å²) >= 11 is 0. The molecule has 6 nitrogen and oxygen atoms in total. The molecular weight excluding hydrogens is 350 g/mol. The van der Waals surface area contributed by atoms with Crippen LogP contribution in [0.15, 0.2) is 64.8 Å². The monoisotopic (exact) mass is 369 g/mol. The molecule has 0 saturated carbocycles. The fourth-order valence-corrected chi connectivity index (χ4v) is 3.74. The van der Waals surface area contributed by atoms with Crippen LogP contribution in [0, 0.1) is 0 Å². The van der Waals surface area contributed by atoms with Gasteiger partial charge < -0.3 is 4.98 Å². The van der Waals surface area contributed by atoms with Crippen molar-refractivity contribution in [1.29, 1.82) is 0 Å². The lowest BCUT2D eigenvalue weighted by Crippen LogP contribution is -2.30. The van der Waals surface area contributed by atoms with Crippen LogP contribution in [0.25, 0.3) is 17.0 Å². The number of benzene rings is 2. The normalized spacial score (nSPS) is 12.2. The first kappa shape index (κ1) is 18.0. The van der Waals surface area contributed by atoms with Gasteiger partial charge in [0, 0.05) is 12.0 Å². The van der Waals surface area contributed by atoms with Crippen molar-refractivity contribution in [2.45, 2.75) is 13.5 Å². The highest BCUT2D eigenvalue weighted by atomic mass is 32.2. The fourth-order valence-electron chi connectivity index (χ4n) is 2.57. The van der Waals surface area contributed by atoms with E-state index in [4.69, 9.17) is 0 Å². The second-order valence-electron chi connectivity index (χ2n) is 5.71. The molecule has 0 aliphatic rings. The number of hydrogen-bond donors (Lipinski definition) is 1. The van der Waals surface area contributed by atoms with Gasteiger partial charge in [-0.3, -0.25) is 4.79 Å². The number of fused-ring (bicyclic) bond motifs is 1. The number of nitrogens with one attached hydrogen (secondary N) is 1. The van der Waals surface area contributed by atoms with Crippen LogP contribution in [0.1, 0.15) is 18.3 Å². The van der Waals surface area contributed by atoms with Gasteiger partial charge in [-0.05, 0) is 23.8 Å². The van der Waals surface area contributed by atoms with Crippen molar-refractivity contribution in [3.05, 3.63) is 81.7 Å². The number of rotatable bonds is 6. The van der Waals surface area contributed by atoms with Crippen LogP contribution >= 0.6 is 0 Å². The minimum atomic E-state index is -3.64. The fraction of sp³-hybridized carbons (Fsp3) is 0.158. The molecule has 134 valence electrons. The molecule has 1 heterocycles. The number of hydrogen-bond acceptors (Lipinski definition) is 4. The molecule has 0 saturated heterocycles. The van der Waals surface area contributed by atoms with E-state index in [0.717, 1.165) is 5.56 Å². The summed E-state index contributed by atoms with van der Waals surface area (Å²) in [6.07, 6.45) is 1.55. The summed E-state index contributed by atoms with van der Waals surface area (Å²) in [6.45, 7) is 2.00. The highest BCUT2D eigenvalue weighted by Gasteiger charge is 2.19. The zero-order chi connectivity index (χ0) is 18.6. The predicted molar refractivity (Wildman–Crippen MR) is 103 cm³/mol.